The minimum Gasteiger partial charge on any atom is -0.490 e. The first kappa shape index (κ1) is 15.6. The molecule has 1 fully saturated rings. The van der Waals surface area contributed by atoms with Crippen LogP contribution < -0.4 is 4.74 Å². The molecule has 6 heteroatoms. The standard InChI is InChI=1S/C15H16F3NO2/c1-20-11-3-2-4-12(7-11)21-13-6-5-10(9-19)14(8-13)15(16,17)18/h5-6,8,11-12H,2-4,7H2,1H3. The van der Waals surface area contributed by atoms with Crippen LogP contribution in [0.2, 0.25) is 0 Å². The summed E-state index contributed by atoms with van der Waals surface area (Å²) in [6.07, 6.45) is -1.31. The van der Waals surface area contributed by atoms with Gasteiger partial charge in [0.1, 0.15) is 11.9 Å². The molecule has 114 valence electrons. The molecule has 21 heavy (non-hydrogen) atoms. The Morgan fingerprint density at radius 3 is 2.57 bits per heavy atom. The van der Waals surface area contributed by atoms with E-state index in [0.29, 0.717) is 6.42 Å². The van der Waals surface area contributed by atoms with Crippen LogP contribution >= 0.6 is 0 Å². The third-order valence-electron chi connectivity index (χ3n) is 3.63. The van der Waals surface area contributed by atoms with E-state index < -0.39 is 17.3 Å². The van der Waals surface area contributed by atoms with Gasteiger partial charge in [-0.2, -0.15) is 18.4 Å². The molecule has 0 radical (unpaired) electrons. The number of alkyl halides is 3. The maximum Gasteiger partial charge on any atom is 0.417 e. The second-order valence-electron chi connectivity index (χ2n) is 5.08. The molecule has 0 spiro atoms. The Hall–Kier alpha value is -1.74. The molecule has 1 saturated carbocycles. The van der Waals surface area contributed by atoms with Gasteiger partial charge in [0, 0.05) is 13.5 Å². The van der Waals surface area contributed by atoms with Crippen molar-refractivity contribution in [3.63, 3.8) is 0 Å². The zero-order valence-electron chi connectivity index (χ0n) is 11.6. The van der Waals surface area contributed by atoms with Crippen LogP contribution in [0, 0.1) is 11.3 Å². The van der Waals surface area contributed by atoms with Gasteiger partial charge < -0.3 is 9.47 Å². The fraction of sp³-hybridized carbons (Fsp3) is 0.533. The number of methoxy groups -OCH3 is 1. The number of nitrogens with zero attached hydrogens (tertiary/aromatic N) is 1. The Labute approximate surface area is 121 Å². The van der Waals surface area contributed by atoms with Crippen LogP contribution in [0.15, 0.2) is 18.2 Å². The minimum atomic E-state index is -4.56. The van der Waals surface area contributed by atoms with Crippen molar-refractivity contribution in [1.82, 2.24) is 0 Å². The Morgan fingerprint density at radius 2 is 1.95 bits per heavy atom. The average molecular weight is 299 g/mol. The lowest BCUT2D eigenvalue weighted by atomic mass is 9.95. The minimum absolute atomic E-state index is 0.0872. The molecule has 1 aliphatic rings. The summed E-state index contributed by atoms with van der Waals surface area (Å²) in [6.45, 7) is 0. The van der Waals surface area contributed by atoms with Crippen molar-refractivity contribution < 1.29 is 22.6 Å². The molecular weight excluding hydrogens is 283 g/mol. The van der Waals surface area contributed by atoms with E-state index in [2.05, 4.69) is 0 Å². The van der Waals surface area contributed by atoms with Crippen molar-refractivity contribution in [3.05, 3.63) is 29.3 Å². The number of rotatable bonds is 3. The van der Waals surface area contributed by atoms with Gasteiger partial charge in [-0.1, -0.05) is 0 Å². The molecule has 0 aliphatic heterocycles. The van der Waals surface area contributed by atoms with Crippen LogP contribution in [0.5, 0.6) is 5.75 Å². The van der Waals surface area contributed by atoms with E-state index in [0.717, 1.165) is 31.4 Å². The van der Waals surface area contributed by atoms with Crippen molar-refractivity contribution in [3.8, 4) is 11.8 Å². The maximum absolute atomic E-state index is 12.9. The van der Waals surface area contributed by atoms with Crippen molar-refractivity contribution in [2.45, 2.75) is 44.1 Å². The first-order chi connectivity index (χ1) is 9.94. The fourth-order valence-electron chi connectivity index (χ4n) is 2.54. The Kier molecular flexibility index (Phi) is 4.73. The molecule has 1 aromatic rings. The first-order valence-corrected chi connectivity index (χ1v) is 6.75. The van der Waals surface area contributed by atoms with Crippen LogP contribution in [0.25, 0.3) is 0 Å². The molecule has 0 heterocycles. The summed E-state index contributed by atoms with van der Waals surface area (Å²) in [5, 5.41) is 8.75. The predicted octanol–water partition coefficient (Wildman–Crippen LogP) is 3.91. The highest BCUT2D eigenvalue weighted by Crippen LogP contribution is 2.35. The van der Waals surface area contributed by atoms with Gasteiger partial charge in [-0.15, -0.1) is 0 Å². The lowest BCUT2D eigenvalue weighted by Gasteiger charge is -2.28. The summed E-state index contributed by atoms with van der Waals surface area (Å²) < 4.78 is 49.6. The first-order valence-electron chi connectivity index (χ1n) is 6.75. The number of benzene rings is 1. The van der Waals surface area contributed by atoms with Crippen LogP contribution in [-0.4, -0.2) is 19.3 Å². The summed E-state index contributed by atoms with van der Waals surface area (Å²) in [6, 6.07) is 5.01. The van der Waals surface area contributed by atoms with Gasteiger partial charge in [0.25, 0.3) is 0 Å². The highest BCUT2D eigenvalue weighted by molar-refractivity contribution is 5.44. The number of halogens is 3. The van der Waals surface area contributed by atoms with Crippen LogP contribution in [-0.2, 0) is 10.9 Å². The number of ether oxygens (including phenoxy) is 2. The molecule has 1 aromatic carbocycles. The normalized spacial score (nSPS) is 22.6. The summed E-state index contributed by atoms with van der Waals surface area (Å²) >= 11 is 0. The second-order valence-corrected chi connectivity index (χ2v) is 5.08. The number of nitriles is 1. The maximum atomic E-state index is 12.9. The summed E-state index contributed by atoms with van der Waals surface area (Å²) in [4.78, 5) is 0. The van der Waals surface area contributed by atoms with Crippen molar-refractivity contribution in [2.75, 3.05) is 7.11 Å². The molecule has 0 saturated heterocycles. The molecule has 0 N–H and O–H groups in total. The largest absolute Gasteiger partial charge is 0.490 e. The smallest absolute Gasteiger partial charge is 0.417 e. The summed E-state index contributed by atoms with van der Waals surface area (Å²) in [5.74, 6) is 0.142. The van der Waals surface area contributed by atoms with Gasteiger partial charge in [0.05, 0.1) is 23.3 Å². The molecule has 0 aromatic heterocycles. The molecule has 2 unspecified atom stereocenters. The summed E-state index contributed by atoms with van der Waals surface area (Å²) in [7, 11) is 1.62. The Balaban J connectivity index is 2.16. The molecule has 3 nitrogen and oxygen atoms in total. The van der Waals surface area contributed by atoms with Gasteiger partial charge in [-0.25, -0.2) is 0 Å². The highest BCUT2D eigenvalue weighted by atomic mass is 19.4. The van der Waals surface area contributed by atoms with E-state index in [-0.39, 0.29) is 18.0 Å². The zero-order chi connectivity index (χ0) is 15.5. The second kappa shape index (κ2) is 6.35. The SMILES string of the molecule is COC1CCCC(Oc2ccc(C#N)c(C(F)(F)F)c2)C1. The van der Waals surface area contributed by atoms with E-state index in [9.17, 15) is 13.2 Å². The van der Waals surface area contributed by atoms with Crippen LogP contribution in [0.1, 0.15) is 36.8 Å². The topological polar surface area (TPSA) is 42.2 Å². The zero-order valence-corrected chi connectivity index (χ0v) is 11.6. The van der Waals surface area contributed by atoms with Gasteiger partial charge in [0.2, 0.25) is 0 Å². The molecule has 1 aliphatic carbocycles. The third-order valence-corrected chi connectivity index (χ3v) is 3.63. The average Bonchev–Trinajstić information content (AvgIpc) is 2.46. The van der Waals surface area contributed by atoms with E-state index in [1.54, 1.807) is 13.2 Å². The lowest BCUT2D eigenvalue weighted by Crippen LogP contribution is -2.29. The van der Waals surface area contributed by atoms with Gasteiger partial charge in [-0.05, 0) is 37.5 Å². The van der Waals surface area contributed by atoms with Crippen molar-refractivity contribution in [1.29, 1.82) is 5.26 Å². The number of hydrogen-bond acceptors (Lipinski definition) is 3. The molecule has 2 rings (SSSR count). The van der Waals surface area contributed by atoms with Crippen LogP contribution in [0.4, 0.5) is 13.2 Å². The molecule has 2 atom stereocenters. The van der Waals surface area contributed by atoms with Crippen molar-refractivity contribution >= 4 is 0 Å². The van der Waals surface area contributed by atoms with Crippen molar-refractivity contribution in [2.24, 2.45) is 0 Å². The van der Waals surface area contributed by atoms with E-state index >= 15 is 0 Å². The number of hydrogen-bond donors (Lipinski definition) is 0. The van der Waals surface area contributed by atoms with Crippen LogP contribution in [0.3, 0.4) is 0 Å². The van der Waals surface area contributed by atoms with Gasteiger partial charge in [-0.3, -0.25) is 0 Å². The van der Waals surface area contributed by atoms with Gasteiger partial charge in [0.15, 0.2) is 0 Å². The van der Waals surface area contributed by atoms with E-state index in [4.69, 9.17) is 14.7 Å². The third kappa shape index (κ3) is 3.88. The Morgan fingerprint density at radius 1 is 1.24 bits per heavy atom. The monoisotopic (exact) mass is 299 g/mol. The Bertz CT molecular complexity index is 537. The molecule has 0 amide bonds. The van der Waals surface area contributed by atoms with E-state index in [1.807, 2.05) is 0 Å². The summed E-state index contributed by atoms with van der Waals surface area (Å²) in [5.41, 5.74) is -1.35. The lowest BCUT2D eigenvalue weighted by molar-refractivity contribution is -0.137. The predicted molar refractivity (Wildman–Crippen MR) is 69.8 cm³/mol. The molecular formula is C15H16F3NO2. The highest BCUT2D eigenvalue weighted by Gasteiger charge is 2.34. The quantitative estimate of drug-likeness (QED) is 0.849. The van der Waals surface area contributed by atoms with E-state index in [1.165, 1.54) is 6.07 Å². The molecule has 0 bridgehead atoms. The van der Waals surface area contributed by atoms with Gasteiger partial charge >= 0.3 is 6.18 Å². The fourth-order valence-corrected chi connectivity index (χ4v) is 2.54.